The first-order valence-corrected chi connectivity index (χ1v) is 9.58. The van der Waals surface area contributed by atoms with Crippen molar-refractivity contribution >= 4 is 29.1 Å². The molecular weight excluding hydrogens is 468 g/mol. The average molecular weight is 483 g/mol. The molecule has 0 aromatic heterocycles. The van der Waals surface area contributed by atoms with Gasteiger partial charge >= 0.3 is 6.18 Å². The molecule has 3 rings (SSSR count). The van der Waals surface area contributed by atoms with Crippen LogP contribution in [0.3, 0.4) is 0 Å². The molecule has 3 aromatic carbocycles. The zero-order valence-electron chi connectivity index (χ0n) is 16.8. The first-order chi connectivity index (χ1) is 15.5. The Kier molecular flexibility index (Phi) is 6.89. The van der Waals surface area contributed by atoms with Gasteiger partial charge in [0.25, 0.3) is 11.8 Å². The van der Waals surface area contributed by atoms with E-state index in [1.807, 2.05) is 0 Å². The molecule has 0 saturated heterocycles. The van der Waals surface area contributed by atoms with Crippen LogP contribution < -0.4 is 15.5 Å². The minimum absolute atomic E-state index is 0.0131. The third kappa shape index (κ3) is 5.60. The molecule has 2 amide bonds. The topological polar surface area (TPSA) is 87.7 Å². The SMILES string of the molecule is Cc1cc(F)ccc1Oc1cc(C(F)(F)F)c(Cl)cc1C(=O)Nc1cccc(C(=O)NO)c1. The quantitative estimate of drug-likeness (QED) is 0.237. The third-order valence-corrected chi connectivity index (χ3v) is 4.77. The van der Waals surface area contributed by atoms with Gasteiger partial charge in [0, 0.05) is 11.3 Å². The van der Waals surface area contributed by atoms with Crippen LogP contribution in [0.1, 0.15) is 31.8 Å². The van der Waals surface area contributed by atoms with Crippen LogP contribution in [0, 0.1) is 12.7 Å². The molecule has 6 nitrogen and oxygen atoms in total. The van der Waals surface area contributed by atoms with Crippen molar-refractivity contribution in [1.82, 2.24) is 5.48 Å². The molecule has 0 fully saturated rings. The maximum Gasteiger partial charge on any atom is 0.417 e. The summed E-state index contributed by atoms with van der Waals surface area (Å²) in [6.07, 6.45) is -4.83. The molecule has 3 aromatic rings. The smallest absolute Gasteiger partial charge is 0.417 e. The van der Waals surface area contributed by atoms with Gasteiger partial charge in [-0.3, -0.25) is 14.8 Å². The molecule has 0 aliphatic rings. The van der Waals surface area contributed by atoms with E-state index < -0.39 is 40.1 Å². The van der Waals surface area contributed by atoms with Gasteiger partial charge in [-0.2, -0.15) is 13.2 Å². The summed E-state index contributed by atoms with van der Waals surface area (Å²) < 4.78 is 59.1. The van der Waals surface area contributed by atoms with Crippen molar-refractivity contribution in [3.63, 3.8) is 0 Å². The number of ether oxygens (including phenoxy) is 1. The molecule has 0 aliphatic carbocycles. The largest absolute Gasteiger partial charge is 0.456 e. The molecule has 0 radical (unpaired) electrons. The molecule has 0 heterocycles. The molecule has 0 unspecified atom stereocenters. The number of amides is 2. The molecule has 0 bridgehead atoms. The Morgan fingerprint density at radius 1 is 1.00 bits per heavy atom. The number of nitrogens with one attached hydrogen (secondary N) is 2. The average Bonchev–Trinajstić information content (AvgIpc) is 2.75. The van der Waals surface area contributed by atoms with Crippen LogP contribution in [0.25, 0.3) is 0 Å². The van der Waals surface area contributed by atoms with E-state index in [0.29, 0.717) is 6.07 Å². The van der Waals surface area contributed by atoms with E-state index in [-0.39, 0.29) is 28.1 Å². The minimum Gasteiger partial charge on any atom is -0.456 e. The zero-order valence-corrected chi connectivity index (χ0v) is 17.5. The van der Waals surface area contributed by atoms with E-state index in [0.717, 1.165) is 18.2 Å². The molecular formula is C22H15ClF4N2O4. The summed E-state index contributed by atoms with van der Waals surface area (Å²) in [5.41, 5.74) is 0.291. The maximum atomic E-state index is 13.4. The van der Waals surface area contributed by atoms with E-state index in [9.17, 15) is 27.2 Å². The Bertz CT molecular complexity index is 1230. The number of hydroxylamine groups is 1. The predicted molar refractivity (Wildman–Crippen MR) is 111 cm³/mol. The molecule has 0 aliphatic heterocycles. The van der Waals surface area contributed by atoms with Crippen molar-refractivity contribution in [3.05, 3.63) is 87.7 Å². The number of aryl methyl sites for hydroxylation is 1. The van der Waals surface area contributed by atoms with Crippen LogP contribution in [0.2, 0.25) is 5.02 Å². The van der Waals surface area contributed by atoms with Gasteiger partial charge in [-0.1, -0.05) is 17.7 Å². The fraction of sp³-hybridized carbons (Fsp3) is 0.0909. The highest BCUT2D eigenvalue weighted by atomic mass is 35.5. The van der Waals surface area contributed by atoms with Crippen LogP contribution in [-0.2, 0) is 6.18 Å². The van der Waals surface area contributed by atoms with E-state index in [2.05, 4.69) is 5.32 Å². The van der Waals surface area contributed by atoms with E-state index >= 15 is 0 Å². The Labute approximate surface area is 189 Å². The second-order valence-electron chi connectivity index (χ2n) is 6.81. The number of halogens is 5. The number of anilines is 1. The van der Waals surface area contributed by atoms with Crippen molar-refractivity contribution in [2.24, 2.45) is 0 Å². The van der Waals surface area contributed by atoms with E-state index in [1.165, 1.54) is 42.7 Å². The first-order valence-electron chi connectivity index (χ1n) is 9.20. The molecule has 0 spiro atoms. The highest BCUT2D eigenvalue weighted by Crippen LogP contribution is 2.40. The van der Waals surface area contributed by atoms with E-state index in [4.69, 9.17) is 21.5 Å². The maximum absolute atomic E-state index is 13.4. The summed E-state index contributed by atoms with van der Waals surface area (Å²) in [7, 11) is 0. The fourth-order valence-corrected chi connectivity index (χ4v) is 3.15. The summed E-state index contributed by atoms with van der Waals surface area (Å²) >= 11 is 5.79. The fourth-order valence-electron chi connectivity index (χ4n) is 2.88. The summed E-state index contributed by atoms with van der Waals surface area (Å²) in [6, 6.07) is 10.2. The normalized spacial score (nSPS) is 11.1. The van der Waals surface area contributed by atoms with Gasteiger partial charge in [-0.15, -0.1) is 0 Å². The number of hydrogen-bond donors (Lipinski definition) is 3. The molecule has 11 heteroatoms. The van der Waals surface area contributed by atoms with Gasteiger partial charge in [-0.25, -0.2) is 9.87 Å². The van der Waals surface area contributed by atoms with Crippen LogP contribution in [0.4, 0.5) is 23.2 Å². The number of hydrogen-bond acceptors (Lipinski definition) is 4. The van der Waals surface area contributed by atoms with Gasteiger partial charge in [0.05, 0.1) is 16.1 Å². The second-order valence-corrected chi connectivity index (χ2v) is 7.22. The number of rotatable bonds is 5. The van der Waals surface area contributed by atoms with E-state index in [1.54, 1.807) is 0 Å². The Morgan fingerprint density at radius 3 is 2.36 bits per heavy atom. The Balaban J connectivity index is 2.03. The van der Waals surface area contributed by atoms with Crippen molar-refractivity contribution in [2.45, 2.75) is 13.1 Å². The van der Waals surface area contributed by atoms with Crippen LogP contribution in [0.15, 0.2) is 54.6 Å². The van der Waals surface area contributed by atoms with Gasteiger partial charge < -0.3 is 10.1 Å². The number of alkyl halides is 3. The molecule has 0 atom stereocenters. The Morgan fingerprint density at radius 2 is 1.73 bits per heavy atom. The number of carbonyl (C=O) groups is 2. The molecule has 33 heavy (non-hydrogen) atoms. The highest BCUT2D eigenvalue weighted by molar-refractivity contribution is 6.32. The lowest BCUT2D eigenvalue weighted by Gasteiger charge is -2.17. The van der Waals surface area contributed by atoms with Crippen molar-refractivity contribution in [3.8, 4) is 11.5 Å². The molecule has 0 saturated carbocycles. The lowest BCUT2D eigenvalue weighted by molar-refractivity contribution is -0.137. The minimum atomic E-state index is -4.83. The summed E-state index contributed by atoms with van der Waals surface area (Å²) in [5.74, 6) is -2.73. The van der Waals surface area contributed by atoms with Crippen LogP contribution in [0.5, 0.6) is 11.5 Å². The van der Waals surface area contributed by atoms with Gasteiger partial charge in [0.2, 0.25) is 0 Å². The highest BCUT2D eigenvalue weighted by Gasteiger charge is 2.35. The summed E-state index contributed by atoms with van der Waals surface area (Å²) in [4.78, 5) is 24.5. The van der Waals surface area contributed by atoms with Gasteiger partial charge in [-0.05, 0) is 61.0 Å². The lowest BCUT2D eigenvalue weighted by atomic mass is 10.1. The predicted octanol–water partition coefficient (Wildman–Crippen LogP) is 5.97. The summed E-state index contributed by atoms with van der Waals surface area (Å²) in [5, 5.41) is 10.4. The summed E-state index contributed by atoms with van der Waals surface area (Å²) in [6.45, 7) is 1.48. The van der Waals surface area contributed by atoms with Crippen LogP contribution >= 0.6 is 11.6 Å². The number of carbonyl (C=O) groups excluding carboxylic acids is 2. The second kappa shape index (κ2) is 9.47. The van der Waals surface area contributed by atoms with Crippen molar-refractivity contribution in [2.75, 3.05) is 5.32 Å². The zero-order chi connectivity index (χ0) is 24.3. The van der Waals surface area contributed by atoms with Gasteiger partial charge in [0.15, 0.2) is 0 Å². The molecule has 172 valence electrons. The monoisotopic (exact) mass is 482 g/mol. The van der Waals surface area contributed by atoms with Crippen molar-refractivity contribution < 1.29 is 37.1 Å². The third-order valence-electron chi connectivity index (χ3n) is 4.46. The number of benzene rings is 3. The first kappa shape index (κ1) is 24.0. The van der Waals surface area contributed by atoms with Gasteiger partial charge in [0.1, 0.15) is 17.3 Å². The standard InChI is InChI=1S/C22H15ClF4N2O4/c1-11-7-13(24)5-6-18(11)33-19-10-16(22(25,26)27)17(23)9-15(19)21(31)28-14-4-2-3-12(8-14)20(30)29-32/h2-10,32H,1H3,(H,28,31)(H,29,30). The molecule has 3 N–H and O–H groups in total. The lowest BCUT2D eigenvalue weighted by Crippen LogP contribution is -2.19. The Hall–Kier alpha value is -3.63. The van der Waals surface area contributed by atoms with Crippen LogP contribution in [-0.4, -0.2) is 17.0 Å². The van der Waals surface area contributed by atoms with Crippen molar-refractivity contribution in [1.29, 1.82) is 0 Å².